The van der Waals surface area contributed by atoms with E-state index < -0.39 is 0 Å². The molecule has 1 N–H and O–H groups in total. The second-order valence-electron chi connectivity index (χ2n) is 4.86. The molecule has 0 aromatic carbocycles. The maximum absolute atomic E-state index is 12.2. The summed E-state index contributed by atoms with van der Waals surface area (Å²) in [6, 6.07) is 0.260. The number of likely N-dealkylation sites (tertiary alicyclic amines) is 1. The van der Waals surface area contributed by atoms with Crippen LogP contribution in [0.25, 0.3) is 0 Å². The Labute approximate surface area is 98.0 Å². The van der Waals surface area contributed by atoms with E-state index in [1.54, 1.807) is 0 Å². The van der Waals surface area contributed by atoms with Crippen molar-refractivity contribution >= 4 is 6.03 Å². The normalized spacial score (nSPS) is 23.6. The molecule has 0 radical (unpaired) electrons. The Morgan fingerprint density at radius 2 is 1.69 bits per heavy atom. The summed E-state index contributed by atoms with van der Waals surface area (Å²) in [6.07, 6.45) is 3.64. The molecule has 2 aliphatic rings. The molecule has 92 valence electrons. The fourth-order valence-corrected chi connectivity index (χ4v) is 2.59. The van der Waals surface area contributed by atoms with Crippen LogP contribution >= 0.6 is 0 Å². The third-order valence-electron chi connectivity index (χ3n) is 3.85. The van der Waals surface area contributed by atoms with Crippen molar-refractivity contribution in [3.63, 3.8) is 0 Å². The number of urea groups is 1. The first kappa shape index (κ1) is 11.7. The molecular weight excluding hydrogens is 202 g/mol. The molecule has 0 aromatic rings. The van der Waals surface area contributed by atoms with Crippen LogP contribution in [-0.4, -0.2) is 55.1 Å². The average molecular weight is 225 g/mol. The zero-order chi connectivity index (χ0) is 11.4. The zero-order valence-corrected chi connectivity index (χ0v) is 10.2. The van der Waals surface area contributed by atoms with Gasteiger partial charge in [0.2, 0.25) is 0 Å². The fourth-order valence-electron chi connectivity index (χ4n) is 2.59. The van der Waals surface area contributed by atoms with Gasteiger partial charge in [-0.15, -0.1) is 0 Å². The largest absolute Gasteiger partial charge is 0.325 e. The maximum Gasteiger partial charge on any atom is 0.320 e. The summed E-state index contributed by atoms with van der Waals surface area (Å²) in [5, 5.41) is 3.28. The first-order valence-corrected chi connectivity index (χ1v) is 6.56. The van der Waals surface area contributed by atoms with Crippen LogP contribution in [0.3, 0.4) is 0 Å². The smallest absolute Gasteiger partial charge is 0.320 e. The van der Waals surface area contributed by atoms with Crippen molar-refractivity contribution < 1.29 is 4.79 Å². The highest BCUT2D eigenvalue weighted by molar-refractivity contribution is 5.74. The number of carbonyl (C=O) groups is 1. The van der Waals surface area contributed by atoms with Crippen molar-refractivity contribution in [2.45, 2.75) is 26.2 Å². The van der Waals surface area contributed by atoms with Crippen LogP contribution < -0.4 is 5.32 Å². The van der Waals surface area contributed by atoms with Gasteiger partial charge in [0.1, 0.15) is 0 Å². The van der Waals surface area contributed by atoms with Crippen LogP contribution in [0.1, 0.15) is 26.2 Å². The molecule has 2 amide bonds. The summed E-state index contributed by atoms with van der Waals surface area (Å²) < 4.78 is 0. The van der Waals surface area contributed by atoms with Crippen LogP contribution in [0, 0.1) is 5.92 Å². The third kappa shape index (κ3) is 2.67. The third-order valence-corrected chi connectivity index (χ3v) is 3.85. The number of carbonyl (C=O) groups excluding carboxylic acids is 1. The lowest BCUT2D eigenvalue weighted by atomic mass is 9.95. The highest BCUT2D eigenvalue weighted by atomic mass is 16.2. The van der Waals surface area contributed by atoms with Crippen molar-refractivity contribution in [3.8, 4) is 0 Å². The molecule has 4 heteroatoms. The molecule has 2 fully saturated rings. The summed E-state index contributed by atoms with van der Waals surface area (Å²) in [6.45, 7) is 7.79. The van der Waals surface area contributed by atoms with Crippen molar-refractivity contribution in [2.75, 3.05) is 39.3 Å². The molecule has 0 unspecified atom stereocenters. The molecule has 0 bridgehead atoms. The minimum absolute atomic E-state index is 0.260. The number of piperidine rings is 1. The molecule has 2 saturated heterocycles. The van der Waals surface area contributed by atoms with E-state index in [1.165, 1.54) is 19.3 Å². The number of piperazine rings is 1. The Kier molecular flexibility index (Phi) is 4.04. The predicted octanol–water partition coefficient (Wildman–Crippen LogP) is 1.13. The van der Waals surface area contributed by atoms with Crippen LogP contribution in [0.15, 0.2) is 0 Å². The molecule has 0 aromatic heterocycles. The van der Waals surface area contributed by atoms with Gasteiger partial charge < -0.3 is 15.1 Å². The molecule has 0 aliphatic carbocycles. The molecule has 4 nitrogen and oxygen atoms in total. The molecule has 2 aliphatic heterocycles. The molecular formula is C12H23N3O. The lowest BCUT2D eigenvalue weighted by molar-refractivity contribution is 0.127. The van der Waals surface area contributed by atoms with Gasteiger partial charge >= 0.3 is 6.03 Å². The summed E-state index contributed by atoms with van der Waals surface area (Å²) in [5.41, 5.74) is 0. The van der Waals surface area contributed by atoms with Crippen LogP contribution in [-0.2, 0) is 0 Å². The molecule has 16 heavy (non-hydrogen) atoms. The monoisotopic (exact) mass is 225 g/mol. The van der Waals surface area contributed by atoms with Gasteiger partial charge in [-0.2, -0.15) is 0 Å². The Hall–Kier alpha value is -0.770. The highest BCUT2D eigenvalue weighted by Crippen LogP contribution is 2.20. The van der Waals surface area contributed by atoms with Gasteiger partial charge in [-0.1, -0.05) is 13.3 Å². The first-order chi connectivity index (χ1) is 7.81. The predicted molar refractivity (Wildman–Crippen MR) is 64.4 cm³/mol. The quantitative estimate of drug-likeness (QED) is 0.726. The lowest BCUT2D eigenvalue weighted by Gasteiger charge is -2.37. The molecule has 0 spiro atoms. The number of amides is 2. The van der Waals surface area contributed by atoms with Gasteiger partial charge in [-0.3, -0.25) is 0 Å². The Morgan fingerprint density at radius 3 is 2.25 bits per heavy atom. The summed E-state index contributed by atoms with van der Waals surface area (Å²) in [4.78, 5) is 16.2. The van der Waals surface area contributed by atoms with E-state index in [1.807, 2.05) is 9.80 Å². The van der Waals surface area contributed by atoms with Gasteiger partial charge in [0.15, 0.2) is 0 Å². The zero-order valence-electron chi connectivity index (χ0n) is 10.2. The lowest BCUT2D eigenvalue weighted by Crippen LogP contribution is -2.53. The first-order valence-electron chi connectivity index (χ1n) is 6.56. The van der Waals surface area contributed by atoms with Crippen molar-refractivity contribution in [1.82, 2.24) is 15.1 Å². The van der Waals surface area contributed by atoms with Crippen LogP contribution in [0.5, 0.6) is 0 Å². The highest BCUT2D eigenvalue weighted by Gasteiger charge is 2.26. The van der Waals surface area contributed by atoms with Crippen molar-refractivity contribution in [1.29, 1.82) is 0 Å². The van der Waals surface area contributed by atoms with Gasteiger partial charge in [0.05, 0.1) is 0 Å². The van der Waals surface area contributed by atoms with E-state index in [9.17, 15) is 4.79 Å². The standard InChI is InChI=1S/C12H23N3O/c1-2-11-3-7-14(8-4-11)12(16)15-9-5-13-6-10-15/h11,13H,2-10H2,1H3. The van der Waals surface area contributed by atoms with Crippen molar-refractivity contribution in [3.05, 3.63) is 0 Å². The Balaban J connectivity index is 1.81. The summed E-state index contributed by atoms with van der Waals surface area (Å²) in [7, 11) is 0. The number of nitrogens with one attached hydrogen (secondary N) is 1. The minimum Gasteiger partial charge on any atom is -0.325 e. The van der Waals surface area contributed by atoms with E-state index in [4.69, 9.17) is 0 Å². The van der Waals surface area contributed by atoms with Gasteiger partial charge in [-0.05, 0) is 18.8 Å². The van der Waals surface area contributed by atoms with Crippen LogP contribution in [0.2, 0.25) is 0 Å². The van der Waals surface area contributed by atoms with Gasteiger partial charge in [0, 0.05) is 39.3 Å². The Morgan fingerprint density at radius 1 is 1.12 bits per heavy atom. The second kappa shape index (κ2) is 5.53. The number of rotatable bonds is 1. The van der Waals surface area contributed by atoms with E-state index in [0.717, 1.165) is 45.2 Å². The fraction of sp³-hybridized carbons (Fsp3) is 0.917. The van der Waals surface area contributed by atoms with Gasteiger partial charge in [0.25, 0.3) is 0 Å². The van der Waals surface area contributed by atoms with E-state index in [-0.39, 0.29) is 6.03 Å². The SMILES string of the molecule is CCC1CCN(C(=O)N2CCNCC2)CC1. The topological polar surface area (TPSA) is 35.6 Å². The number of hydrogen-bond donors (Lipinski definition) is 1. The molecule has 2 rings (SSSR count). The second-order valence-corrected chi connectivity index (χ2v) is 4.86. The maximum atomic E-state index is 12.2. The average Bonchev–Trinajstić information content (AvgIpc) is 2.39. The molecule has 0 saturated carbocycles. The van der Waals surface area contributed by atoms with E-state index >= 15 is 0 Å². The van der Waals surface area contributed by atoms with Crippen LogP contribution in [0.4, 0.5) is 4.79 Å². The number of nitrogens with zero attached hydrogens (tertiary/aromatic N) is 2. The van der Waals surface area contributed by atoms with Gasteiger partial charge in [-0.25, -0.2) is 4.79 Å². The van der Waals surface area contributed by atoms with Crippen molar-refractivity contribution in [2.24, 2.45) is 5.92 Å². The number of hydrogen-bond acceptors (Lipinski definition) is 2. The van der Waals surface area contributed by atoms with E-state index in [2.05, 4.69) is 12.2 Å². The molecule has 2 heterocycles. The Bertz CT molecular complexity index is 230. The summed E-state index contributed by atoms with van der Waals surface area (Å²) >= 11 is 0. The van der Waals surface area contributed by atoms with E-state index in [0.29, 0.717) is 0 Å². The minimum atomic E-state index is 0.260. The summed E-state index contributed by atoms with van der Waals surface area (Å²) in [5.74, 6) is 0.840. The molecule has 0 atom stereocenters.